The molecule has 0 spiro atoms. The Balaban J connectivity index is 1.82. The molecule has 0 radical (unpaired) electrons. The largest absolute Gasteiger partial charge is 0.480 e. The number of hydrogen-bond acceptors (Lipinski definition) is 6. The first-order valence-electron chi connectivity index (χ1n) is 8.42. The molecular formula is C17H24N4O4. The number of fused-ring (bicyclic) bond motifs is 1. The molecule has 1 saturated heterocycles. The molecule has 0 aliphatic carbocycles. The van der Waals surface area contributed by atoms with Crippen LogP contribution in [0, 0.1) is 6.92 Å². The van der Waals surface area contributed by atoms with Gasteiger partial charge in [-0.2, -0.15) is 0 Å². The summed E-state index contributed by atoms with van der Waals surface area (Å²) in [6, 6.07) is 3.51. The number of imidazole rings is 1. The first-order chi connectivity index (χ1) is 12.0. The second-order valence-electron chi connectivity index (χ2n) is 6.32. The molecular weight excluding hydrogens is 324 g/mol. The Morgan fingerprint density at radius 3 is 2.96 bits per heavy atom. The standard InChI is InChI=1S/C17H24N4O4/c1-11(2)25-10-13-9-20(7-8-24-13)17(22)16-12(3)18-14-5-6-15(23-4)19-21(14)16/h5-6,11,13H,7-10H2,1-4H3. The number of ether oxygens (including phenoxy) is 3. The van der Waals surface area contributed by atoms with Gasteiger partial charge in [0.25, 0.3) is 5.91 Å². The van der Waals surface area contributed by atoms with Crippen LogP contribution in [-0.2, 0) is 9.47 Å². The number of morpholine rings is 1. The van der Waals surface area contributed by atoms with E-state index in [1.807, 2.05) is 20.8 Å². The lowest BCUT2D eigenvalue weighted by molar-refractivity contribution is -0.0726. The summed E-state index contributed by atoms with van der Waals surface area (Å²) in [5, 5.41) is 4.34. The Morgan fingerprint density at radius 2 is 2.24 bits per heavy atom. The maximum atomic E-state index is 13.1. The van der Waals surface area contributed by atoms with E-state index in [-0.39, 0.29) is 18.1 Å². The molecule has 8 heteroatoms. The maximum Gasteiger partial charge on any atom is 0.274 e. The minimum absolute atomic E-state index is 0.108. The molecule has 0 saturated carbocycles. The SMILES string of the molecule is COc1ccc2nc(C)c(C(=O)N3CCOC(COC(C)C)C3)n2n1. The molecule has 1 fully saturated rings. The molecule has 1 aliphatic rings. The number of amides is 1. The van der Waals surface area contributed by atoms with Crippen LogP contribution in [0.25, 0.3) is 5.65 Å². The predicted octanol–water partition coefficient (Wildman–Crippen LogP) is 1.31. The number of nitrogens with zero attached hydrogens (tertiary/aromatic N) is 4. The van der Waals surface area contributed by atoms with Crippen LogP contribution >= 0.6 is 0 Å². The fraction of sp³-hybridized carbons (Fsp3) is 0.588. The molecule has 1 atom stereocenters. The van der Waals surface area contributed by atoms with Gasteiger partial charge in [0.2, 0.25) is 5.88 Å². The van der Waals surface area contributed by atoms with Crippen LogP contribution in [0.5, 0.6) is 5.88 Å². The molecule has 3 heterocycles. The Kier molecular flexibility index (Phi) is 5.19. The molecule has 2 aromatic rings. The van der Waals surface area contributed by atoms with Crippen molar-refractivity contribution in [2.45, 2.75) is 33.0 Å². The summed E-state index contributed by atoms with van der Waals surface area (Å²) in [5.74, 6) is 0.327. The van der Waals surface area contributed by atoms with Crippen LogP contribution in [-0.4, -0.2) is 71.0 Å². The first kappa shape index (κ1) is 17.6. The molecule has 0 N–H and O–H groups in total. The molecule has 0 bridgehead atoms. The fourth-order valence-corrected chi connectivity index (χ4v) is 2.84. The van der Waals surface area contributed by atoms with E-state index in [0.29, 0.717) is 49.2 Å². The zero-order valence-corrected chi connectivity index (χ0v) is 15.1. The van der Waals surface area contributed by atoms with Gasteiger partial charge >= 0.3 is 0 Å². The average Bonchev–Trinajstić information content (AvgIpc) is 2.94. The smallest absolute Gasteiger partial charge is 0.274 e. The third kappa shape index (κ3) is 3.74. The highest BCUT2D eigenvalue weighted by molar-refractivity contribution is 5.94. The minimum Gasteiger partial charge on any atom is -0.480 e. The highest BCUT2D eigenvalue weighted by Gasteiger charge is 2.29. The topological polar surface area (TPSA) is 78.2 Å². The van der Waals surface area contributed by atoms with Crippen molar-refractivity contribution in [3.05, 3.63) is 23.5 Å². The van der Waals surface area contributed by atoms with Crippen molar-refractivity contribution in [3.8, 4) is 5.88 Å². The molecule has 136 valence electrons. The first-order valence-corrected chi connectivity index (χ1v) is 8.42. The number of carbonyl (C=O) groups excluding carboxylic acids is 1. The number of rotatable bonds is 5. The summed E-state index contributed by atoms with van der Waals surface area (Å²) in [7, 11) is 1.54. The Hall–Kier alpha value is -2.19. The van der Waals surface area contributed by atoms with Gasteiger partial charge in [0.05, 0.1) is 38.2 Å². The van der Waals surface area contributed by atoms with E-state index in [9.17, 15) is 4.79 Å². The van der Waals surface area contributed by atoms with Gasteiger partial charge in [0, 0.05) is 19.2 Å². The zero-order chi connectivity index (χ0) is 18.0. The molecule has 3 rings (SSSR count). The molecule has 1 aliphatic heterocycles. The van der Waals surface area contributed by atoms with E-state index in [1.165, 1.54) is 0 Å². The predicted molar refractivity (Wildman–Crippen MR) is 91.0 cm³/mol. The van der Waals surface area contributed by atoms with Crippen molar-refractivity contribution in [3.63, 3.8) is 0 Å². The minimum atomic E-state index is -0.123. The van der Waals surface area contributed by atoms with Crippen LogP contribution < -0.4 is 4.74 Å². The average molecular weight is 348 g/mol. The normalized spacial score (nSPS) is 18.1. The molecule has 8 nitrogen and oxygen atoms in total. The molecule has 25 heavy (non-hydrogen) atoms. The highest BCUT2D eigenvalue weighted by atomic mass is 16.5. The van der Waals surface area contributed by atoms with E-state index in [4.69, 9.17) is 14.2 Å². The van der Waals surface area contributed by atoms with Crippen molar-refractivity contribution in [2.75, 3.05) is 33.4 Å². The summed E-state index contributed by atoms with van der Waals surface area (Å²) in [6.07, 6.45) is 0.00875. The van der Waals surface area contributed by atoms with E-state index in [0.717, 1.165) is 0 Å². The van der Waals surface area contributed by atoms with E-state index in [2.05, 4.69) is 10.1 Å². The van der Waals surface area contributed by atoms with Gasteiger partial charge in [-0.25, -0.2) is 9.50 Å². The lowest BCUT2D eigenvalue weighted by Gasteiger charge is -2.33. The number of aryl methyl sites for hydroxylation is 1. The summed E-state index contributed by atoms with van der Waals surface area (Å²) >= 11 is 0. The van der Waals surface area contributed by atoms with Gasteiger partial charge in [-0.15, -0.1) is 5.10 Å². The third-order valence-electron chi connectivity index (χ3n) is 4.08. The van der Waals surface area contributed by atoms with Crippen LogP contribution in [0.4, 0.5) is 0 Å². The molecule has 2 aromatic heterocycles. The lowest BCUT2D eigenvalue weighted by Crippen LogP contribution is -2.47. The number of methoxy groups -OCH3 is 1. The third-order valence-corrected chi connectivity index (χ3v) is 4.08. The maximum absolute atomic E-state index is 13.1. The quantitative estimate of drug-likeness (QED) is 0.811. The van der Waals surface area contributed by atoms with Crippen molar-refractivity contribution >= 4 is 11.6 Å². The van der Waals surface area contributed by atoms with Gasteiger partial charge in [0.1, 0.15) is 0 Å². The van der Waals surface area contributed by atoms with Crippen molar-refractivity contribution in [2.24, 2.45) is 0 Å². The summed E-state index contributed by atoms with van der Waals surface area (Å²) in [4.78, 5) is 19.3. The fourth-order valence-electron chi connectivity index (χ4n) is 2.84. The number of aromatic nitrogens is 3. The van der Waals surface area contributed by atoms with Gasteiger partial charge in [-0.3, -0.25) is 4.79 Å². The van der Waals surface area contributed by atoms with Gasteiger partial charge < -0.3 is 19.1 Å². The molecule has 1 unspecified atom stereocenters. The van der Waals surface area contributed by atoms with Gasteiger partial charge in [0.15, 0.2) is 11.3 Å². The van der Waals surface area contributed by atoms with Gasteiger partial charge in [-0.05, 0) is 26.8 Å². The highest BCUT2D eigenvalue weighted by Crippen LogP contribution is 2.18. The van der Waals surface area contributed by atoms with Crippen LogP contribution in [0.1, 0.15) is 30.0 Å². The second kappa shape index (κ2) is 7.37. The Morgan fingerprint density at radius 1 is 1.44 bits per heavy atom. The second-order valence-corrected chi connectivity index (χ2v) is 6.32. The van der Waals surface area contributed by atoms with Crippen molar-refractivity contribution in [1.82, 2.24) is 19.5 Å². The summed E-state index contributed by atoms with van der Waals surface area (Å²) in [6.45, 7) is 7.76. The number of hydrogen-bond donors (Lipinski definition) is 0. The van der Waals surface area contributed by atoms with Crippen molar-refractivity contribution in [1.29, 1.82) is 0 Å². The van der Waals surface area contributed by atoms with Crippen LogP contribution in [0.3, 0.4) is 0 Å². The van der Waals surface area contributed by atoms with E-state index < -0.39 is 0 Å². The van der Waals surface area contributed by atoms with Crippen LogP contribution in [0.2, 0.25) is 0 Å². The Bertz CT molecular complexity index is 758. The number of carbonyl (C=O) groups is 1. The monoisotopic (exact) mass is 348 g/mol. The summed E-state index contributed by atoms with van der Waals surface area (Å²) in [5.41, 5.74) is 1.72. The van der Waals surface area contributed by atoms with Crippen LogP contribution in [0.15, 0.2) is 12.1 Å². The van der Waals surface area contributed by atoms with Gasteiger partial charge in [-0.1, -0.05) is 0 Å². The summed E-state index contributed by atoms with van der Waals surface area (Å²) < 4.78 is 18.0. The van der Waals surface area contributed by atoms with E-state index in [1.54, 1.807) is 28.7 Å². The molecule has 0 aromatic carbocycles. The lowest BCUT2D eigenvalue weighted by atomic mass is 10.2. The van der Waals surface area contributed by atoms with E-state index >= 15 is 0 Å². The molecule has 1 amide bonds. The van der Waals surface area contributed by atoms with Crippen molar-refractivity contribution < 1.29 is 19.0 Å². The zero-order valence-electron chi connectivity index (χ0n) is 15.1. The Labute approximate surface area is 146 Å².